The number of ether oxygens (including phenoxy) is 1. The summed E-state index contributed by atoms with van der Waals surface area (Å²) in [6.07, 6.45) is 0.407. The van der Waals surface area contributed by atoms with Gasteiger partial charge in [-0.05, 0) is 44.0 Å². The minimum atomic E-state index is -3.95. The first kappa shape index (κ1) is 17.4. The molecule has 0 aromatic heterocycles. The van der Waals surface area contributed by atoms with Crippen molar-refractivity contribution in [2.45, 2.75) is 30.7 Å². The monoisotopic (exact) mass is 337 g/mol. The lowest BCUT2D eigenvalue weighted by molar-refractivity contribution is 0.395. The predicted molar refractivity (Wildman–Crippen MR) is 87.5 cm³/mol. The smallest absolute Gasteiger partial charge is 0.243 e. The molecule has 0 unspecified atom stereocenters. The fraction of sp³-hybridized carbons (Fsp3) is 0.294. The van der Waals surface area contributed by atoms with Crippen molar-refractivity contribution in [1.29, 1.82) is 0 Å². The maximum absolute atomic E-state index is 13.8. The lowest BCUT2D eigenvalue weighted by Crippen LogP contribution is -2.45. The van der Waals surface area contributed by atoms with Crippen LogP contribution in [0.25, 0.3) is 0 Å². The maximum atomic E-state index is 13.8. The average molecular weight is 337 g/mol. The first-order valence-electron chi connectivity index (χ1n) is 7.15. The Morgan fingerprint density at radius 1 is 1.09 bits per heavy atom. The molecule has 0 aliphatic rings. The van der Waals surface area contributed by atoms with Crippen LogP contribution in [-0.2, 0) is 16.4 Å². The molecule has 0 bridgehead atoms. The molecule has 0 aliphatic carbocycles. The zero-order valence-electron chi connectivity index (χ0n) is 13.3. The van der Waals surface area contributed by atoms with E-state index >= 15 is 0 Å². The van der Waals surface area contributed by atoms with Crippen molar-refractivity contribution in [1.82, 2.24) is 4.72 Å². The van der Waals surface area contributed by atoms with Crippen LogP contribution in [-0.4, -0.2) is 21.1 Å². The van der Waals surface area contributed by atoms with Gasteiger partial charge in [-0.1, -0.05) is 30.3 Å². The van der Waals surface area contributed by atoms with E-state index in [1.807, 2.05) is 24.3 Å². The van der Waals surface area contributed by atoms with Gasteiger partial charge >= 0.3 is 0 Å². The van der Waals surface area contributed by atoms with Crippen molar-refractivity contribution in [3.05, 3.63) is 59.9 Å². The summed E-state index contributed by atoms with van der Waals surface area (Å²) in [5.74, 6) is -0.0845. The summed E-state index contributed by atoms with van der Waals surface area (Å²) in [5, 5.41) is 0. The highest BCUT2D eigenvalue weighted by Crippen LogP contribution is 2.24. The molecule has 0 heterocycles. The largest absolute Gasteiger partial charge is 0.496 e. The highest BCUT2D eigenvalue weighted by molar-refractivity contribution is 7.89. The minimum Gasteiger partial charge on any atom is -0.496 e. The number of methoxy groups -OCH3 is 1. The topological polar surface area (TPSA) is 55.4 Å². The van der Waals surface area contributed by atoms with Crippen LogP contribution in [0.15, 0.2) is 53.4 Å². The van der Waals surface area contributed by atoms with E-state index in [0.717, 1.165) is 11.6 Å². The summed E-state index contributed by atoms with van der Waals surface area (Å²) in [4.78, 5) is -0.354. The Labute approximate surface area is 136 Å². The number of halogens is 1. The van der Waals surface area contributed by atoms with Gasteiger partial charge in [0.15, 0.2) is 0 Å². The Hall–Kier alpha value is -1.92. The number of sulfonamides is 1. The Kier molecular flexibility index (Phi) is 5.06. The highest BCUT2D eigenvalue weighted by atomic mass is 32.2. The molecule has 2 aromatic rings. The molecule has 2 aromatic carbocycles. The van der Waals surface area contributed by atoms with Crippen molar-refractivity contribution >= 4 is 10.0 Å². The van der Waals surface area contributed by atoms with Crippen LogP contribution in [0.1, 0.15) is 19.4 Å². The van der Waals surface area contributed by atoms with Gasteiger partial charge in [-0.25, -0.2) is 17.5 Å². The molecular weight excluding hydrogens is 317 g/mol. The SMILES string of the molecule is COc1ccccc1CC(C)(C)NS(=O)(=O)c1ccccc1F. The van der Waals surface area contributed by atoms with Gasteiger partial charge in [-0.3, -0.25) is 0 Å². The van der Waals surface area contributed by atoms with E-state index in [-0.39, 0.29) is 4.90 Å². The molecule has 0 amide bonds. The average Bonchev–Trinajstić information content (AvgIpc) is 2.46. The maximum Gasteiger partial charge on any atom is 0.243 e. The minimum absolute atomic E-state index is 0.354. The molecule has 124 valence electrons. The molecule has 1 N–H and O–H groups in total. The van der Waals surface area contributed by atoms with E-state index in [2.05, 4.69) is 4.72 Å². The van der Waals surface area contributed by atoms with Crippen molar-refractivity contribution in [2.75, 3.05) is 7.11 Å². The fourth-order valence-corrected chi connectivity index (χ4v) is 3.93. The first-order valence-corrected chi connectivity index (χ1v) is 8.64. The quantitative estimate of drug-likeness (QED) is 0.881. The van der Waals surface area contributed by atoms with E-state index in [1.165, 1.54) is 18.2 Å². The molecule has 2 rings (SSSR count). The lowest BCUT2D eigenvalue weighted by Gasteiger charge is -2.27. The zero-order chi connectivity index (χ0) is 17.1. The molecule has 0 saturated heterocycles. The number of benzene rings is 2. The van der Waals surface area contributed by atoms with Crippen molar-refractivity contribution in [2.24, 2.45) is 0 Å². The van der Waals surface area contributed by atoms with E-state index in [9.17, 15) is 12.8 Å². The molecular formula is C17H20FNO3S. The van der Waals surface area contributed by atoms with E-state index in [0.29, 0.717) is 12.2 Å². The van der Waals surface area contributed by atoms with E-state index < -0.39 is 21.4 Å². The van der Waals surface area contributed by atoms with Crippen molar-refractivity contribution in [3.8, 4) is 5.75 Å². The molecule has 0 radical (unpaired) electrons. The number of rotatable bonds is 6. The summed E-state index contributed by atoms with van der Waals surface area (Å²) in [6, 6.07) is 12.7. The summed E-state index contributed by atoms with van der Waals surface area (Å²) < 4.78 is 46.5. The van der Waals surface area contributed by atoms with Crippen LogP contribution < -0.4 is 9.46 Å². The van der Waals surface area contributed by atoms with Crippen LogP contribution in [0.2, 0.25) is 0 Å². The van der Waals surface area contributed by atoms with Crippen LogP contribution in [0.5, 0.6) is 5.75 Å². The van der Waals surface area contributed by atoms with Gasteiger partial charge in [0.05, 0.1) is 7.11 Å². The Morgan fingerprint density at radius 2 is 1.70 bits per heavy atom. The third kappa shape index (κ3) is 4.30. The highest BCUT2D eigenvalue weighted by Gasteiger charge is 2.29. The van der Waals surface area contributed by atoms with Crippen LogP contribution in [0.4, 0.5) is 4.39 Å². The van der Waals surface area contributed by atoms with Gasteiger partial charge in [0.25, 0.3) is 0 Å². The predicted octanol–water partition coefficient (Wildman–Crippen LogP) is 3.13. The summed E-state index contributed by atoms with van der Waals surface area (Å²) in [5.41, 5.74) is 0.0617. The molecule has 0 atom stereocenters. The molecule has 0 saturated carbocycles. The van der Waals surface area contributed by atoms with E-state index in [4.69, 9.17) is 4.74 Å². The number of hydrogen-bond acceptors (Lipinski definition) is 3. The third-order valence-corrected chi connectivity index (χ3v) is 5.09. The summed E-state index contributed by atoms with van der Waals surface area (Å²) in [6.45, 7) is 3.50. The molecule has 0 fully saturated rings. The van der Waals surface area contributed by atoms with Gasteiger partial charge in [-0.2, -0.15) is 0 Å². The normalized spacial score (nSPS) is 12.2. The third-order valence-electron chi connectivity index (χ3n) is 3.36. The second kappa shape index (κ2) is 6.68. The standard InChI is InChI=1S/C17H20FNO3S/c1-17(2,12-13-8-4-6-10-15(13)22-3)19-23(20,21)16-11-7-5-9-14(16)18/h4-11,19H,12H2,1-3H3. The second-order valence-electron chi connectivity index (χ2n) is 5.91. The van der Waals surface area contributed by atoms with Crippen LogP contribution in [0.3, 0.4) is 0 Å². The number of hydrogen-bond donors (Lipinski definition) is 1. The Balaban J connectivity index is 2.25. The molecule has 4 nitrogen and oxygen atoms in total. The van der Waals surface area contributed by atoms with Crippen molar-refractivity contribution in [3.63, 3.8) is 0 Å². The van der Waals surface area contributed by atoms with E-state index in [1.54, 1.807) is 21.0 Å². The van der Waals surface area contributed by atoms with Gasteiger partial charge in [0.1, 0.15) is 16.5 Å². The zero-order valence-corrected chi connectivity index (χ0v) is 14.2. The first-order chi connectivity index (χ1) is 10.7. The molecule has 0 aliphatic heterocycles. The molecule has 23 heavy (non-hydrogen) atoms. The Bertz CT molecular complexity index is 788. The van der Waals surface area contributed by atoms with Crippen LogP contribution in [0, 0.1) is 5.82 Å². The van der Waals surface area contributed by atoms with Gasteiger partial charge in [0.2, 0.25) is 10.0 Å². The van der Waals surface area contributed by atoms with Gasteiger partial charge in [-0.15, -0.1) is 0 Å². The number of nitrogens with one attached hydrogen (secondary N) is 1. The summed E-state index contributed by atoms with van der Waals surface area (Å²) in [7, 11) is -2.39. The fourth-order valence-electron chi connectivity index (χ4n) is 2.44. The van der Waals surface area contributed by atoms with Gasteiger partial charge in [0, 0.05) is 5.54 Å². The summed E-state index contributed by atoms with van der Waals surface area (Å²) >= 11 is 0. The Morgan fingerprint density at radius 3 is 2.35 bits per heavy atom. The number of para-hydroxylation sites is 1. The molecule has 0 spiro atoms. The van der Waals surface area contributed by atoms with Crippen LogP contribution >= 0.6 is 0 Å². The lowest BCUT2D eigenvalue weighted by atomic mass is 9.96. The van der Waals surface area contributed by atoms with Crippen molar-refractivity contribution < 1.29 is 17.5 Å². The van der Waals surface area contributed by atoms with Gasteiger partial charge < -0.3 is 4.74 Å². The molecule has 6 heteroatoms. The second-order valence-corrected chi connectivity index (χ2v) is 7.56.